The van der Waals surface area contributed by atoms with Gasteiger partial charge in [-0.15, -0.1) is 0 Å². The molecule has 3 saturated heterocycles. The minimum Gasteiger partial charge on any atom is -0.394 e. The average molecular weight is 625 g/mol. The van der Waals surface area contributed by atoms with Crippen molar-refractivity contribution in [3.05, 3.63) is 96.1 Å². The number of benzene rings is 3. The summed E-state index contributed by atoms with van der Waals surface area (Å²) in [5, 5.41) is 16.9. The summed E-state index contributed by atoms with van der Waals surface area (Å²) < 4.78 is 6.92. The first-order valence-electron chi connectivity index (χ1n) is 16.5. The predicted octanol–water partition coefficient (Wildman–Crippen LogP) is 4.68. The molecule has 3 aromatic carbocycles. The van der Waals surface area contributed by atoms with Crippen LogP contribution in [0.1, 0.15) is 57.2 Å². The third-order valence-corrected chi connectivity index (χ3v) is 10.4. The van der Waals surface area contributed by atoms with Gasteiger partial charge in [-0.25, -0.2) is 0 Å². The Labute approximate surface area is 270 Å². The predicted molar refractivity (Wildman–Crippen MR) is 177 cm³/mol. The lowest BCUT2D eigenvalue weighted by atomic mass is 9.65. The second-order valence-corrected chi connectivity index (χ2v) is 12.6. The van der Waals surface area contributed by atoms with Crippen molar-refractivity contribution in [2.45, 2.75) is 69.9 Å². The number of aliphatic hydroxyl groups is 1. The number of anilines is 2. The molecule has 3 fully saturated rings. The Kier molecular flexibility index (Phi) is 8.90. The van der Waals surface area contributed by atoms with Gasteiger partial charge in [0.05, 0.1) is 30.1 Å². The molecule has 3 aromatic rings. The van der Waals surface area contributed by atoms with Crippen molar-refractivity contribution in [3.8, 4) is 0 Å². The second kappa shape index (κ2) is 12.9. The van der Waals surface area contributed by atoms with Gasteiger partial charge < -0.3 is 30.3 Å². The van der Waals surface area contributed by atoms with Crippen molar-refractivity contribution in [1.29, 1.82) is 0 Å². The van der Waals surface area contributed by atoms with Gasteiger partial charge in [-0.1, -0.05) is 67.6 Å². The molecule has 3 N–H and O–H groups in total. The molecule has 46 heavy (non-hydrogen) atoms. The van der Waals surface area contributed by atoms with Crippen LogP contribution in [0.3, 0.4) is 0 Å². The van der Waals surface area contributed by atoms with Crippen molar-refractivity contribution in [3.63, 3.8) is 0 Å². The number of amides is 3. The van der Waals surface area contributed by atoms with Crippen LogP contribution in [0.5, 0.6) is 0 Å². The highest BCUT2D eigenvalue weighted by atomic mass is 16.5. The van der Waals surface area contributed by atoms with E-state index in [0.717, 1.165) is 24.3 Å². The topological polar surface area (TPSA) is 111 Å². The number of carbonyl (C=O) groups is 3. The van der Waals surface area contributed by atoms with Gasteiger partial charge in [0.15, 0.2) is 0 Å². The molecule has 2 unspecified atom stereocenters. The van der Waals surface area contributed by atoms with Gasteiger partial charge in [0.25, 0.3) is 0 Å². The van der Waals surface area contributed by atoms with Crippen LogP contribution in [-0.2, 0) is 25.7 Å². The Morgan fingerprint density at radius 3 is 2.20 bits per heavy atom. The fraction of sp³-hybridized carbons (Fsp3) is 0.432. The number of ether oxygens (including phenoxy) is 1. The minimum absolute atomic E-state index is 0.251. The zero-order chi connectivity index (χ0) is 32.5. The van der Waals surface area contributed by atoms with Crippen LogP contribution in [0.15, 0.2) is 84.9 Å². The smallest absolute Gasteiger partial charge is 0.250 e. The maximum atomic E-state index is 14.7. The van der Waals surface area contributed by atoms with Gasteiger partial charge in [-0.2, -0.15) is 0 Å². The average Bonchev–Trinajstić information content (AvgIpc) is 3.70. The Morgan fingerprint density at radius 1 is 0.935 bits per heavy atom. The molecule has 6 rings (SSSR count). The number of likely N-dealkylation sites (tertiary alicyclic amines) is 1. The number of nitrogens with zero attached hydrogens (tertiary/aromatic N) is 2. The van der Waals surface area contributed by atoms with Crippen LogP contribution >= 0.6 is 0 Å². The summed E-state index contributed by atoms with van der Waals surface area (Å²) in [4.78, 5) is 47.0. The van der Waals surface area contributed by atoms with Crippen LogP contribution < -0.4 is 15.5 Å². The zero-order valence-electron chi connectivity index (χ0n) is 26.8. The summed E-state index contributed by atoms with van der Waals surface area (Å²) in [6.45, 7) is 7.84. The largest absolute Gasteiger partial charge is 0.394 e. The molecule has 0 aliphatic carbocycles. The quantitative estimate of drug-likeness (QED) is 0.270. The molecule has 3 aliphatic rings. The van der Waals surface area contributed by atoms with Crippen molar-refractivity contribution >= 4 is 29.1 Å². The summed E-state index contributed by atoms with van der Waals surface area (Å²) in [5.41, 5.74) is 1.24. The number of hydrogen-bond donors (Lipinski definition) is 3. The van der Waals surface area contributed by atoms with E-state index < -0.39 is 41.0 Å². The van der Waals surface area contributed by atoms with E-state index in [9.17, 15) is 19.5 Å². The molecule has 0 aromatic heterocycles. The molecular weight excluding hydrogens is 580 g/mol. The summed E-state index contributed by atoms with van der Waals surface area (Å²) in [6, 6.07) is 24.7. The molecule has 242 valence electrons. The van der Waals surface area contributed by atoms with E-state index in [-0.39, 0.29) is 18.4 Å². The molecule has 0 saturated carbocycles. The third-order valence-electron chi connectivity index (χ3n) is 10.4. The number of rotatable bonds is 12. The number of hydrogen-bond acceptors (Lipinski definition) is 6. The molecule has 9 nitrogen and oxygen atoms in total. The van der Waals surface area contributed by atoms with Crippen LogP contribution in [0.25, 0.3) is 0 Å². The SMILES string of the molecule is CCN(CC)c1ccc(NC(=O)C2N([C@H](CO)c3ccccc3)C(=O)[C@@H]3[C@H](C(=O)NCc4ccccc4)[C@]4(CC)CCC23O4)cc1. The van der Waals surface area contributed by atoms with Crippen molar-refractivity contribution in [2.24, 2.45) is 11.8 Å². The lowest BCUT2D eigenvalue weighted by molar-refractivity contribution is -0.149. The third kappa shape index (κ3) is 5.25. The van der Waals surface area contributed by atoms with Gasteiger partial charge >= 0.3 is 0 Å². The lowest BCUT2D eigenvalue weighted by Crippen LogP contribution is -2.54. The number of aliphatic hydroxyl groups excluding tert-OH is 1. The van der Waals surface area contributed by atoms with Crippen LogP contribution in [0.2, 0.25) is 0 Å². The van der Waals surface area contributed by atoms with Gasteiger partial charge in [0.1, 0.15) is 11.6 Å². The normalized spacial score (nSPS) is 26.9. The molecule has 1 spiro atoms. The number of fused-ring (bicyclic) bond motifs is 1. The van der Waals surface area contributed by atoms with E-state index >= 15 is 0 Å². The highest BCUT2D eigenvalue weighted by Crippen LogP contribution is 2.65. The van der Waals surface area contributed by atoms with Gasteiger partial charge in [0.2, 0.25) is 17.7 Å². The highest BCUT2D eigenvalue weighted by molar-refractivity contribution is 6.04. The summed E-state index contributed by atoms with van der Waals surface area (Å²) >= 11 is 0. The van der Waals surface area contributed by atoms with Crippen LogP contribution in [-0.4, -0.2) is 64.7 Å². The Hall–Kier alpha value is -4.21. The Morgan fingerprint density at radius 2 is 1.59 bits per heavy atom. The molecule has 2 bridgehead atoms. The van der Waals surface area contributed by atoms with E-state index in [0.29, 0.717) is 37.1 Å². The highest BCUT2D eigenvalue weighted by Gasteiger charge is 2.79. The summed E-state index contributed by atoms with van der Waals surface area (Å²) in [5.74, 6) is -2.62. The van der Waals surface area contributed by atoms with E-state index in [1.807, 2.05) is 91.9 Å². The molecule has 3 heterocycles. The zero-order valence-corrected chi connectivity index (χ0v) is 26.8. The van der Waals surface area contributed by atoms with E-state index in [1.165, 1.54) is 4.90 Å². The maximum absolute atomic E-state index is 14.7. The molecule has 3 aliphatic heterocycles. The first-order valence-corrected chi connectivity index (χ1v) is 16.5. The van der Waals surface area contributed by atoms with Gasteiger partial charge in [-0.3, -0.25) is 14.4 Å². The van der Waals surface area contributed by atoms with Crippen LogP contribution in [0, 0.1) is 11.8 Å². The monoisotopic (exact) mass is 624 g/mol. The van der Waals surface area contributed by atoms with Crippen molar-refractivity contribution in [1.82, 2.24) is 10.2 Å². The van der Waals surface area contributed by atoms with E-state index in [1.54, 1.807) is 0 Å². The Balaban J connectivity index is 1.37. The number of carbonyl (C=O) groups excluding carboxylic acids is 3. The van der Waals surface area contributed by atoms with Gasteiger partial charge in [0, 0.05) is 31.0 Å². The first kappa shape index (κ1) is 31.8. The number of nitrogens with one attached hydrogen (secondary N) is 2. The Bertz CT molecular complexity index is 1550. The summed E-state index contributed by atoms with van der Waals surface area (Å²) in [6.07, 6.45) is 1.55. The lowest BCUT2D eigenvalue weighted by Gasteiger charge is -2.37. The van der Waals surface area contributed by atoms with E-state index in [2.05, 4.69) is 29.4 Å². The van der Waals surface area contributed by atoms with Crippen molar-refractivity contribution in [2.75, 3.05) is 29.9 Å². The first-order chi connectivity index (χ1) is 22.3. The maximum Gasteiger partial charge on any atom is 0.250 e. The second-order valence-electron chi connectivity index (χ2n) is 12.6. The molecule has 3 amide bonds. The van der Waals surface area contributed by atoms with E-state index in [4.69, 9.17) is 4.74 Å². The molecule has 0 radical (unpaired) electrons. The fourth-order valence-electron chi connectivity index (χ4n) is 8.17. The molecule has 9 heteroatoms. The molecular formula is C37H44N4O5. The fourth-order valence-corrected chi connectivity index (χ4v) is 8.17. The minimum atomic E-state index is -1.21. The summed E-state index contributed by atoms with van der Waals surface area (Å²) in [7, 11) is 0. The van der Waals surface area contributed by atoms with Crippen LogP contribution in [0.4, 0.5) is 11.4 Å². The van der Waals surface area contributed by atoms with Gasteiger partial charge in [-0.05, 0) is 68.5 Å². The standard InChI is InChI=1S/C37H44N4O5/c1-4-36-21-22-37(46-36)31(30(36)33(43)38-23-25-13-9-7-10-14-25)35(45)41(29(24-42)26-15-11-8-12-16-26)32(37)34(44)39-27-17-19-28(20-18-27)40(5-2)6-3/h7-20,29-32,42H,4-6,21-24H2,1-3H3,(H,38,43)(H,39,44)/t29-,30-,31+,32?,36+,37?/m1/s1. The molecule has 6 atom stereocenters. The van der Waals surface area contributed by atoms with Crippen molar-refractivity contribution < 1.29 is 24.2 Å².